The summed E-state index contributed by atoms with van der Waals surface area (Å²) >= 11 is 6.21. The van der Waals surface area contributed by atoms with E-state index >= 15 is 0 Å². The third kappa shape index (κ3) is 6.15. The summed E-state index contributed by atoms with van der Waals surface area (Å²) in [5.74, 6) is 1.98. The first-order chi connectivity index (χ1) is 13.1. The molecule has 0 atom stereocenters. The van der Waals surface area contributed by atoms with Gasteiger partial charge in [-0.1, -0.05) is 18.5 Å². The van der Waals surface area contributed by atoms with Crippen molar-refractivity contribution >= 4 is 23.6 Å². The molecule has 0 bridgehead atoms. The number of carbonyl (C=O) groups excluding carboxylic acids is 1. The van der Waals surface area contributed by atoms with E-state index in [0.717, 1.165) is 30.9 Å². The molecule has 148 valence electrons. The standard InChI is InChI=1S/C21H29ClN2O3/c1-16-6-10-24(11-7-16)9-3-2-8-23-20(25)5-4-17-14-18(22)21-19(15-17)26-12-13-27-21/h4-5,14-16H,2-3,6-13H2,1H3,(H,23,25)/b5-4+. The average molecular weight is 393 g/mol. The van der Waals surface area contributed by atoms with Crippen molar-refractivity contribution in [3.8, 4) is 11.5 Å². The molecule has 1 aromatic carbocycles. The number of hydrogen-bond donors (Lipinski definition) is 1. The molecule has 1 fully saturated rings. The second-order valence-electron chi connectivity index (χ2n) is 7.38. The molecule has 0 radical (unpaired) electrons. The zero-order chi connectivity index (χ0) is 19.1. The van der Waals surface area contributed by atoms with Crippen LogP contribution in [0.2, 0.25) is 5.02 Å². The van der Waals surface area contributed by atoms with Crippen LogP contribution < -0.4 is 14.8 Å². The Hall–Kier alpha value is -1.72. The number of halogens is 1. The molecule has 2 heterocycles. The van der Waals surface area contributed by atoms with Crippen LogP contribution in [0.4, 0.5) is 0 Å². The van der Waals surface area contributed by atoms with E-state index in [4.69, 9.17) is 21.1 Å². The normalized spacial score (nSPS) is 18.0. The SMILES string of the molecule is CC1CCN(CCCCNC(=O)/C=C/c2cc(Cl)c3c(c2)OCCO3)CC1. The monoisotopic (exact) mass is 392 g/mol. The maximum Gasteiger partial charge on any atom is 0.243 e. The summed E-state index contributed by atoms with van der Waals surface area (Å²) in [5, 5.41) is 3.44. The van der Waals surface area contributed by atoms with Crippen LogP contribution in [0.1, 0.15) is 38.2 Å². The van der Waals surface area contributed by atoms with Crippen LogP contribution in [0, 0.1) is 5.92 Å². The van der Waals surface area contributed by atoms with E-state index in [9.17, 15) is 4.79 Å². The number of carbonyl (C=O) groups is 1. The molecule has 2 aliphatic rings. The lowest BCUT2D eigenvalue weighted by atomic mass is 9.99. The molecule has 2 aliphatic heterocycles. The van der Waals surface area contributed by atoms with Gasteiger partial charge in [0, 0.05) is 12.6 Å². The van der Waals surface area contributed by atoms with Crippen LogP contribution in [0.3, 0.4) is 0 Å². The molecule has 1 amide bonds. The van der Waals surface area contributed by atoms with Crippen molar-refractivity contribution < 1.29 is 14.3 Å². The van der Waals surface area contributed by atoms with Crippen LogP contribution in [0.25, 0.3) is 6.08 Å². The molecule has 6 heteroatoms. The molecule has 0 spiro atoms. The highest BCUT2D eigenvalue weighted by Gasteiger charge is 2.16. The van der Waals surface area contributed by atoms with Crippen LogP contribution >= 0.6 is 11.6 Å². The fourth-order valence-corrected chi connectivity index (χ4v) is 3.69. The molecule has 0 aromatic heterocycles. The predicted octanol–water partition coefficient (Wildman–Crippen LogP) is 3.75. The second kappa shape index (κ2) is 10.00. The van der Waals surface area contributed by atoms with Gasteiger partial charge >= 0.3 is 0 Å². The van der Waals surface area contributed by atoms with Crippen molar-refractivity contribution in [2.24, 2.45) is 5.92 Å². The van der Waals surface area contributed by atoms with Crippen LogP contribution in [0.15, 0.2) is 18.2 Å². The number of nitrogens with one attached hydrogen (secondary N) is 1. The van der Waals surface area contributed by atoms with Crippen LogP contribution in [-0.2, 0) is 4.79 Å². The number of rotatable bonds is 7. The van der Waals surface area contributed by atoms with E-state index in [1.807, 2.05) is 6.07 Å². The molecule has 27 heavy (non-hydrogen) atoms. The fraction of sp³-hybridized carbons (Fsp3) is 0.571. The maximum absolute atomic E-state index is 12.0. The first-order valence-corrected chi connectivity index (χ1v) is 10.3. The molecule has 1 aromatic rings. The summed E-state index contributed by atoms with van der Waals surface area (Å²) in [6, 6.07) is 3.61. The molecule has 0 aliphatic carbocycles. The summed E-state index contributed by atoms with van der Waals surface area (Å²) in [6.45, 7) is 7.61. The van der Waals surface area contributed by atoms with Gasteiger partial charge in [0.15, 0.2) is 11.5 Å². The van der Waals surface area contributed by atoms with Crippen LogP contribution in [-0.4, -0.2) is 50.2 Å². The Morgan fingerprint density at radius 2 is 2.04 bits per heavy atom. The highest BCUT2D eigenvalue weighted by Crippen LogP contribution is 2.38. The molecule has 1 saturated heterocycles. The highest BCUT2D eigenvalue weighted by molar-refractivity contribution is 6.32. The number of piperidine rings is 1. The highest BCUT2D eigenvalue weighted by atomic mass is 35.5. The topological polar surface area (TPSA) is 50.8 Å². The summed E-state index contributed by atoms with van der Waals surface area (Å²) < 4.78 is 11.0. The molecule has 0 saturated carbocycles. The van der Waals surface area contributed by atoms with Crippen molar-refractivity contribution in [3.05, 3.63) is 28.8 Å². The van der Waals surface area contributed by atoms with Gasteiger partial charge < -0.3 is 19.7 Å². The smallest absolute Gasteiger partial charge is 0.243 e. The summed E-state index contributed by atoms with van der Waals surface area (Å²) in [7, 11) is 0. The number of likely N-dealkylation sites (tertiary alicyclic amines) is 1. The van der Waals surface area contributed by atoms with Crippen molar-refractivity contribution in [2.45, 2.75) is 32.6 Å². The van der Waals surface area contributed by atoms with E-state index in [1.54, 1.807) is 12.1 Å². The van der Waals surface area contributed by atoms with Gasteiger partial charge in [-0.3, -0.25) is 4.79 Å². The lowest BCUT2D eigenvalue weighted by Crippen LogP contribution is -2.34. The average Bonchev–Trinajstić information content (AvgIpc) is 2.67. The van der Waals surface area contributed by atoms with Crippen molar-refractivity contribution in [3.63, 3.8) is 0 Å². The van der Waals surface area contributed by atoms with Gasteiger partial charge in [0.1, 0.15) is 13.2 Å². The van der Waals surface area contributed by atoms with Gasteiger partial charge in [-0.2, -0.15) is 0 Å². The molecular weight excluding hydrogens is 364 g/mol. The number of unbranched alkanes of at least 4 members (excludes halogenated alkanes) is 1. The number of benzene rings is 1. The lowest BCUT2D eigenvalue weighted by molar-refractivity contribution is -0.116. The molecular formula is C21H29ClN2O3. The quantitative estimate of drug-likeness (QED) is 0.567. The van der Waals surface area contributed by atoms with Crippen LogP contribution in [0.5, 0.6) is 11.5 Å². The summed E-state index contributed by atoms with van der Waals surface area (Å²) in [5.41, 5.74) is 0.818. The molecule has 3 rings (SSSR count). The Labute approximate surface area is 166 Å². The van der Waals surface area contributed by atoms with E-state index < -0.39 is 0 Å². The van der Waals surface area contributed by atoms with Gasteiger partial charge in [-0.15, -0.1) is 0 Å². The van der Waals surface area contributed by atoms with Crippen molar-refractivity contribution in [2.75, 3.05) is 39.4 Å². The van der Waals surface area contributed by atoms with Gasteiger partial charge in [0.05, 0.1) is 5.02 Å². The summed E-state index contributed by atoms with van der Waals surface area (Å²) in [6.07, 6.45) is 8.02. The van der Waals surface area contributed by atoms with Gasteiger partial charge in [-0.25, -0.2) is 0 Å². The minimum atomic E-state index is -0.0900. The minimum absolute atomic E-state index is 0.0900. The Balaban J connectivity index is 1.36. The third-order valence-electron chi connectivity index (χ3n) is 5.12. The molecule has 1 N–H and O–H groups in total. The predicted molar refractivity (Wildman–Crippen MR) is 109 cm³/mol. The van der Waals surface area contributed by atoms with E-state index in [1.165, 1.54) is 32.0 Å². The number of fused-ring (bicyclic) bond motifs is 1. The molecule has 0 unspecified atom stereocenters. The second-order valence-corrected chi connectivity index (χ2v) is 7.79. The summed E-state index contributed by atoms with van der Waals surface area (Å²) in [4.78, 5) is 14.5. The Kier molecular flexibility index (Phi) is 7.41. The zero-order valence-electron chi connectivity index (χ0n) is 16.0. The van der Waals surface area contributed by atoms with E-state index in [2.05, 4.69) is 17.1 Å². The number of nitrogens with zero attached hydrogens (tertiary/aromatic N) is 1. The minimum Gasteiger partial charge on any atom is -0.486 e. The Bertz CT molecular complexity index is 670. The maximum atomic E-state index is 12.0. The van der Waals surface area contributed by atoms with E-state index in [0.29, 0.717) is 36.3 Å². The van der Waals surface area contributed by atoms with Gasteiger partial charge in [0.2, 0.25) is 5.91 Å². The number of hydrogen-bond acceptors (Lipinski definition) is 4. The number of amides is 1. The van der Waals surface area contributed by atoms with Gasteiger partial charge in [0.25, 0.3) is 0 Å². The molecule has 5 nitrogen and oxygen atoms in total. The largest absolute Gasteiger partial charge is 0.486 e. The van der Waals surface area contributed by atoms with E-state index in [-0.39, 0.29) is 5.91 Å². The fourth-order valence-electron chi connectivity index (χ4n) is 3.42. The Morgan fingerprint density at radius 3 is 2.85 bits per heavy atom. The Morgan fingerprint density at radius 1 is 1.26 bits per heavy atom. The number of ether oxygens (including phenoxy) is 2. The first kappa shape index (κ1) is 20.0. The van der Waals surface area contributed by atoms with Crippen molar-refractivity contribution in [1.29, 1.82) is 0 Å². The van der Waals surface area contributed by atoms with Gasteiger partial charge in [-0.05, 0) is 75.0 Å². The first-order valence-electron chi connectivity index (χ1n) is 9.89. The lowest BCUT2D eigenvalue weighted by Gasteiger charge is -2.30. The third-order valence-corrected chi connectivity index (χ3v) is 5.40. The van der Waals surface area contributed by atoms with Crippen molar-refractivity contribution in [1.82, 2.24) is 10.2 Å². The zero-order valence-corrected chi connectivity index (χ0v) is 16.8.